The number of carbonyl (C=O) groups is 2. The van der Waals surface area contributed by atoms with E-state index in [-0.39, 0.29) is 18.4 Å². The molecule has 0 heterocycles. The summed E-state index contributed by atoms with van der Waals surface area (Å²) in [5.74, 6) is -0.713. The number of benzene rings is 1. The van der Waals surface area contributed by atoms with Gasteiger partial charge in [-0.25, -0.2) is 4.79 Å². The van der Waals surface area contributed by atoms with E-state index in [1.54, 1.807) is 6.92 Å². The molecule has 0 saturated heterocycles. The molecule has 1 aromatic rings. The summed E-state index contributed by atoms with van der Waals surface area (Å²) in [7, 11) is 1.33. The molecule has 1 aromatic carbocycles. The van der Waals surface area contributed by atoms with E-state index in [9.17, 15) is 14.7 Å². The Hall–Kier alpha value is -2.04. The maximum Gasteiger partial charge on any atom is 0.343 e. The molecule has 1 aliphatic rings. The van der Waals surface area contributed by atoms with Gasteiger partial charge in [0.1, 0.15) is 5.75 Å². The van der Waals surface area contributed by atoms with Crippen LogP contribution in [0.25, 0.3) is 0 Å². The number of carbonyl (C=O) groups excluding carboxylic acids is 1. The maximum absolute atomic E-state index is 11.3. The molecule has 0 spiro atoms. The van der Waals surface area contributed by atoms with Crippen LogP contribution in [0.5, 0.6) is 5.75 Å². The summed E-state index contributed by atoms with van der Waals surface area (Å²) in [4.78, 5) is 22.5. The van der Waals surface area contributed by atoms with E-state index in [1.807, 2.05) is 19.9 Å². The number of hydrogen-bond donors (Lipinski definition) is 1. The fourth-order valence-corrected chi connectivity index (χ4v) is 3.30. The van der Waals surface area contributed by atoms with Crippen molar-refractivity contribution in [3.63, 3.8) is 0 Å². The minimum absolute atomic E-state index is 0.121. The standard InChI is InChI=1S/C18H24O5/c1-10-7-16(23-9-17(19)22-4)12(3)15-8-13(5-6-14(10)15)11(2)18(20)21/h7,11,13H,5-6,8-9H2,1-4H3,(H,20,21). The highest BCUT2D eigenvalue weighted by Gasteiger charge is 2.30. The van der Waals surface area contributed by atoms with Crippen LogP contribution >= 0.6 is 0 Å². The van der Waals surface area contributed by atoms with Gasteiger partial charge in [-0.05, 0) is 67.3 Å². The Bertz CT molecular complexity index is 620. The lowest BCUT2D eigenvalue weighted by atomic mass is 9.75. The van der Waals surface area contributed by atoms with E-state index in [4.69, 9.17) is 4.74 Å². The molecule has 0 saturated carbocycles. The van der Waals surface area contributed by atoms with Crippen molar-refractivity contribution in [2.75, 3.05) is 13.7 Å². The Morgan fingerprint density at radius 3 is 2.65 bits per heavy atom. The van der Waals surface area contributed by atoms with Crippen molar-refractivity contribution in [3.05, 3.63) is 28.3 Å². The summed E-state index contributed by atoms with van der Waals surface area (Å²) in [6, 6.07) is 1.96. The van der Waals surface area contributed by atoms with Crippen molar-refractivity contribution in [1.82, 2.24) is 0 Å². The fraction of sp³-hybridized carbons (Fsp3) is 0.556. The third-order valence-corrected chi connectivity index (χ3v) is 4.91. The molecule has 0 bridgehead atoms. The van der Waals surface area contributed by atoms with E-state index in [0.29, 0.717) is 5.75 Å². The molecule has 0 aliphatic heterocycles. The number of methoxy groups -OCH3 is 1. The van der Waals surface area contributed by atoms with Crippen LogP contribution < -0.4 is 4.74 Å². The summed E-state index contributed by atoms with van der Waals surface area (Å²) in [5, 5.41) is 9.26. The maximum atomic E-state index is 11.3. The molecule has 0 fully saturated rings. The van der Waals surface area contributed by atoms with Crippen molar-refractivity contribution < 1.29 is 24.2 Å². The molecule has 126 valence electrons. The van der Waals surface area contributed by atoms with Crippen molar-refractivity contribution in [2.24, 2.45) is 11.8 Å². The minimum atomic E-state index is -0.745. The molecule has 5 nitrogen and oxygen atoms in total. The second kappa shape index (κ2) is 7.02. The van der Waals surface area contributed by atoms with E-state index >= 15 is 0 Å². The van der Waals surface area contributed by atoms with Gasteiger partial charge in [0, 0.05) is 0 Å². The fourth-order valence-electron chi connectivity index (χ4n) is 3.30. The monoisotopic (exact) mass is 320 g/mol. The first-order valence-corrected chi connectivity index (χ1v) is 7.89. The molecule has 0 amide bonds. The number of aryl methyl sites for hydroxylation is 1. The van der Waals surface area contributed by atoms with E-state index in [1.165, 1.54) is 18.2 Å². The van der Waals surface area contributed by atoms with Gasteiger partial charge in [-0.3, -0.25) is 4.79 Å². The zero-order valence-electron chi connectivity index (χ0n) is 14.1. The van der Waals surface area contributed by atoms with Crippen molar-refractivity contribution >= 4 is 11.9 Å². The van der Waals surface area contributed by atoms with Crippen molar-refractivity contribution in [3.8, 4) is 5.75 Å². The Balaban J connectivity index is 2.28. The largest absolute Gasteiger partial charge is 0.482 e. The van der Waals surface area contributed by atoms with Gasteiger partial charge in [0.2, 0.25) is 0 Å². The van der Waals surface area contributed by atoms with Gasteiger partial charge in [-0.1, -0.05) is 6.92 Å². The normalized spacial score (nSPS) is 18.0. The first-order chi connectivity index (χ1) is 10.8. The zero-order chi connectivity index (χ0) is 17.1. The van der Waals surface area contributed by atoms with Crippen molar-refractivity contribution in [2.45, 2.75) is 40.0 Å². The molecule has 1 N–H and O–H groups in total. The number of carboxylic acid groups (broad SMARTS) is 1. The Labute approximate surface area is 136 Å². The van der Waals surface area contributed by atoms with E-state index < -0.39 is 11.9 Å². The highest BCUT2D eigenvalue weighted by Crippen LogP contribution is 2.37. The van der Waals surface area contributed by atoms with Crippen LogP contribution in [-0.2, 0) is 27.2 Å². The van der Waals surface area contributed by atoms with Gasteiger partial charge in [-0.15, -0.1) is 0 Å². The summed E-state index contributed by atoms with van der Waals surface area (Å²) < 4.78 is 10.2. The Morgan fingerprint density at radius 1 is 1.35 bits per heavy atom. The predicted molar refractivity (Wildman–Crippen MR) is 85.7 cm³/mol. The topological polar surface area (TPSA) is 72.8 Å². The minimum Gasteiger partial charge on any atom is -0.482 e. The molecule has 2 unspecified atom stereocenters. The van der Waals surface area contributed by atoms with Gasteiger partial charge in [0.25, 0.3) is 0 Å². The average Bonchev–Trinajstić information content (AvgIpc) is 2.55. The Kier molecular flexibility index (Phi) is 5.29. The number of hydrogen-bond acceptors (Lipinski definition) is 4. The number of aliphatic carboxylic acids is 1. The SMILES string of the molecule is COC(=O)COc1cc(C)c2c(c1C)CC(C(C)C(=O)O)CC2. The molecule has 0 radical (unpaired) electrons. The molecule has 2 rings (SSSR count). The summed E-state index contributed by atoms with van der Waals surface area (Å²) in [6.07, 6.45) is 2.52. The van der Waals surface area contributed by atoms with Crippen molar-refractivity contribution in [1.29, 1.82) is 0 Å². The quantitative estimate of drug-likeness (QED) is 0.845. The number of esters is 1. The van der Waals surface area contributed by atoms with E-state index in [2.05, 4.69) is 4.74 Å². The van der Waals surface area contributed by atoms with Crippen LogP contribution in [0.4, 0.5) is 0 Å². The van der Waals surface area contributed by atoms with Crippen LogP contribution in [0.1, 0.15) is 35.6 Å². The number of rotatable bonds is 5. The third-order valence-electron chi connectivity index (χ3n) is 4.91. The second-order valence-electron chi connectivity index (χ2n) is 6.27. The Morgan fingerprint density at radius 2 is 2.04 bits per heavy atom. The lowest BCUT2D eigenvalue weighted by Crippen LogP contribution is -2.27. The molecule has 5 heteroatoms. The summed E-state index contributed by atoms with van der Waals surface area (Å²) in [5.41, 5.74) is 4.60. The molecule has 1 aliphatic carbocycles. The first kappa shape index (κ1) is 17.3. The second-order valence-corrected chi connectivity index (χ2v) is 6.27. The van der Waals surface area contributed by atoms with Crippen LogP contribution in [0, 0.1) is 25.7 Å². The number of fused-ring (bicyclic) bond motifs is 1. The lowest BCUT2D eigenvalue weighted by Gasteiger charge is -2.30. The van der Waals surface area contributed by atoms with Crippen LogP contribution in [0.15, 0.2) is 6.07 Å². The molecule has 2 atom stereocenters. The highest BCUT2D eigenvalue weighted by molar-refractivity contribution is 5.71. The number of ether oxygens (including phenoxy) is 2. The molecule has 0 aromatic heterocycles. The van der Waals surface area contributed by atoms with E-state index in [0.717, 1.165) is 30.4 Å². The van der Waals surface area contributed by atoms with Crippen LogP contribution in [-0.4, -0.2) is 30.8 Å². The van der Waals surface area contributed by atoms with Crippen LogP contribution in [0.2, 0.25) is 0 Å². The van der Waals surface area contributed by atoms with Gasteiger partial charge in [-0.2, -0.15) is 0 Å². The van der Waals surface area contributed by atoms with Gasteiger partial charge >= 0.3 is 11.9 Å². The smallest absolute Gasteiger partial charge is 0.343 e. The number of carboxylic acids is 1. The molecular weight excluding hydrogens is 296 g/mol. The first-order valence-electron chi connectivity index (χ1n) is 7.89. The summed E-state index contributed by atoms with van der Waals surface area (Å²) >= 11 is 0. The summed E-state index contributed by atoms with van der Waals surface area (Å²) in [6.45, 7) is 5.66. The third kappa shape index (κ3) is 3.66. The highest BCUT2D eigenvalue weighted by atomic mass is 16.6. The van der Waals surface area contributed by atoms with Gasteiger partial charge in [0.05, 0.1) is 13.0 Å². The zero-order valence-corrected chi connectivity index (χ0v) is 14.1. The van der Waals surface area contributed by atoms with Gasteiger partial charge < -0.3 is 14.6 Å². The molecule has 23 heavy (non-hydrogen) atoms. The van der Waals surface area contributed by atoms with Gasteiger partial charge in [0.15, 0.2) is 6.61 Å². The van der Waals surface area contributed by atoms with Crippen LogP contribution in [0.3, 0.4) is 0 Å². The predicted octanol–water partition coefficient (Wildman–Crippen LogP) is 2.68. The molecular formula is C18H24O5. The average molecular weight is 320 g/mol. The lowest BCUT2D eigenvalue weighted by molar-refractivity contribution is -0.144.